The predicted octanol–water partition coefficient (Wildman–Crippen LogP) is 2.83. The zero-order valence-corrected chi connectivity index (χ0v) is 16.0. The average Bonchev–Trinajstić information content (AvgIpc) is 2.98. The summed E-state index contributed by atoms with van der Waals surface area (Å²) >= 11 is 0. The summed E-state index contributed by atoms with van der Waals surface area (Å²) in [7, 11) is 0. The van der Waals surface area contributed by atoms with Crippen LogP contribution in [0.3, 0.4) is 0 Å². The third-order valence-electron chi connectivity index (χ3n) is 4.97. The van der Waals surface area contributed by atoms with Crippen molar-refractivity contribution >= 4 is 17.8 Å². The van der Waals surface area contributed by atoms with Gasteiger partial charge in [-0.2, -0.15) is 0 Å². The van der Waals surface area contributed by atoms with Crippen LogP contribution in [0.25, 0.3) is 0 Å². The Balaban J connectivity index is 1.23. The van der Waals surface area contributed by atoms with Gasteiger partial charge in [0.2, 0.25) is 6.10 Å². The summed E-state index contributed by atoms with van der Waals surface area (Å²) in [5, 5.41) is 0. The van der Waals surface area contributed by atoms with Crippen LogP contribution in [0.5, 0.6) is 11.5 Å². The highest BCUT2D eigenvalue weighted by molar-refractivity contribution is 6.21. The van der Waals surface area contributed by atoms with Gasteiger partial charge in [0, 0.05) is 6.54 Å². The fraction of sp³-hybridized carbons (Fsp3) is 0.318. The Hall–Kier alpha value is -3.35. The van der Waals surface area contributed by atoms with E-state index in [0.717, 1.165) is 0 Å². The fourth-order valence-corrected chi connectivity index (χ4v) is 3.45. The SMILES string of the molecule is C[C@@H]1Oc2ccccc2O[C@@H]1C(=O)OCCCCN1C(=O)c2ccccc2C1=O. The fourth-order valence-electron chi connectivity index (χ4n) is 3.45. The van der Waals surface area contributed by atoms with E-state index in [2.05, 4.69) is 0 Å². The van der Waals surface area contributed by atoms with Crippen molar-refractivity contribution in [3.05, 3.63) is 59.7 Å². The number of fused-ring (bicyclic) bond motifs is 2. The number of nitrogens with zero attached hydrogens (tertiary/aromatic N) is 1. The first-order valence-corrected chi connectivity index (χ1v) is 9.60. The molecule has 2 aliphatic rings. The molecule has 2 atom stereocenters. The Morgan fingerprint density at radius 3 is 2.17 bits per heavy atom. The van der Waals surface area contributed by atoms with E-state index in [4.69, 9.17) is 14.2 Å². The molecule has 4 rings (SSSR count). The minimum absolute atomic E-state index is 0.177. The molecule has 0 spiro atoms. The average molecular weight is 395 g/mol. The summed E-state index contributed by atoms with van der Waals surface area (Å²) < 4.78 is 16.7. The summed E-state index contributed by atoms with van der Waals surface area (Å²) in [5.41, 5.74) is 0.875. The van der Waals surface area contributed by atoms with Crippen LogP contribution in [-0.4, -0.2) is 48.0 Å². The number of imide groups is 1. The molecule has 0 aliphatic carbocycles. The maximum Gasteiger partial charge on any atom is 0.351 e. The standard InChI is InChI=1S/C22H21NO6/c1-14-19(29-18-11-5-4-10-17(18)28-14)22(26)27-13-7-6-12-23-20(24)15-8-2-3-9-16(15)21(23)25/h2-5,8-11,14,19H,6-7,12-13H2,1H3/t14-,19-/m0/s1. The van der Waals surface area contributed by atoms with E-state index in [1.807, 2.05) is 6.07 Å². The summed E-state index contributed by atoms with van der Waals surface area (Å²) in [6.07, 6.45) is -0.228. The number of hydrogen-bond acceptors (Lipinski definition) is 6. The second-order valence-electron chi connectivity index (χ2n) is 6.99. The summed E-state index contributed by atoms with van der Waals surface area (Å²) in [6, 6.07) is 14.0. The summed E-state index contributed by atoms with van der Waals surface area (Å²) in [6.45, 7) is 2.22. The summed E-state index contributed by atoms with van der Waals surface area (Å²) in [5.74, 6) is 0.0709. The highest BCUT2D eigenvalue weighted by Gasteiger charge is 2.36. The van der Waals surface area contributed by atoms with E-state index in [-0.39, 0.29) is 25.0 Å². The normalized spacial score (nSPS) is 19.8. The minimum atomic E-state index is -0.832. The van der Waals surface area contributed by atoms with Crippen LogP contribution in [0.2, 0.25) is 0 Å². The molecule has 0 unspecified atom stereocenters. The van der Waals surface area contributed by atoms with Gasteiger partial charge in [-0.3, -0.25) is 14.5 Å². The van der Waals surface area contributed by atoms with Crippen LogP contribution >= 0.6 is 0 Å². The van der Waals surface area contributed by atoms with Crippen LogP contribution in [0.15, 0.2) is 48.5 Å². The number of benzene rings is 2. The number of hydrogen-bond donors (Lipinski definition) is 0. The first-order valence-electron chi connectivity index (χ1n) is 9.60. The zero-order valence-electron chi connectivity index (χ0n) is 16.0. The lowest BCUT2D eigenvalue weighted by Crippen LogP contribution is -2.44. The van der Waals surface area contributed by atoms with Gasteiger partial charge in [-0.05, 0) is 44.0 Å². The molecule has 2 heterocycles. The topological polar surface area (TPSA) is 82.1 Å². The third kappa shape index (κ3) is 3.68. The number of carbonyl (C=O) groups is 3. The van der Waals surface area contributed by atoms with Crippen LogP contribution in [0, 0.1) is 0 Å². The second kappa shape index (κ2) is 7.95. The van der Waals surface area contributed by atoms with E-state index in [9.17, 15) is 14.4 Å². The molecule has 150 valence electrons. The van der Waals surface area contributed by atoms with Crippen molar-refractivity contribution in [2.45, 2.75) is 32.0 Å². The lowest BCUT2D eigenvalue weighted by Gasteiger charge is -2.30. The number of unbranched alkanes of at least 4 members (excludes halogenated alkanes) is 1. The maximum atomic E-state index is 12.3. The molecule has 0 saturated carbocycles. The molecule has 2 aromatic carbocycles. The van der Waals surface area contributed by atoms with Crippen LogP contribution in [-0.2, 0) is 9.53 Å². The number of para-hydroxylation sites is 2. The van der Waals surface area contributed by atoms with Gasteiger partial charge in [0.05, 0.1) is 17.7 Å². The van der Waals surface area contributed by atoms with Crippen molar-refractivity contribution in [3.63, 3.8) is 0 Å². The molecule has 0 bridgehead atoms. The molecule has 7 heteroatoms. The minimum Gasteiger partial charge on any atom is -0.482 e. The van der Waals surface area contributed by atoms with E-state index in [1.54, 1.807) is 49.4 Å². The third-order valence-corrected chi connectivity index (χ3v) is 4.97. The monoisotopic (exact) mass is 395 g/mol. The van der Waals surface area contributed by atoms with Gasteiger partial charge in [-0.25, -0.2) is 4.79 Å². The van der Waals surface area contributed by atoms with Gasteiger partial charge in [0.15, 0.2) is 11.5 Å². The molecule has 0 aromatic heterocycles. The molecule has 2 aliphatic heterocycles. The molecule has 29 heavy (non-hydrogen) atoms. The largest absolute Gasteiger partial charge is 0.482 e. The van der Waals surface area contributed by atoms with Crippen molar-refractivity contribution in [2.75, 3.05) is 13.2 Å². The summed E-state index contributed by atoms with van der Waals surface area (Å²) in [4.78, 5) is 38.2. The Labute approximate surface area is 168 Å². The maximum absolute atomic E-state index is 12.3. The van der Waals surface area contributed by atoms with Crippen molar-refractivity contribution in [3.8, 4) is 11.5 Å². The number of esters is 1. The van der Waals surface area contributed by atoms with Gasteiger partial charge in [0.1, 0.15) is 6.10 Å². The Kier molecular flexibility index (Phi) is 5.20. The van der Waals surface area contributed by atoms with E-state index >= 15 is 0 Å². The second-order valence-corrected chi connectivity index (χ2v) is 6.99. The lowest BCUT2D eigenvalue weighted by molar-refractivity contribution is -0.157. The molecule has 2 amide bonds. The van der Waals surface area contributed by atoms with Crippen LogP contribution < -0.4 is 9.47 Å². The molecule has 0 radical (unpaired) electrons. The smallest absolute Gasteiger partial charge is 0.351 e. The number of carbonyl (C=O) groups excluding carboxylic acids is 3. The number of rotatable bonds is 6. The quantitative estimate of drug-likeness (QED) is 0.425. The number of ether oxygens (including phenoxy) is 3. The highest BCUT2D eigenvalue weighted by atomic mass is 16.6. The molecule has 0 fully saturated rings. The Bertz CT molecular complexity index is 921. The Morgan fingerprint density at radius 1 is 0.931 bits per heavy atom. The molecule has 0 saturated heterocycles. The van der Waals surface area contributed by atoms with Gasteiger partial charge in [-0.1, -0.05) is 24.3 Å². The molecule has 7 nitrogen and oxygen atoms in total. The van der Waals surface area contributed by atoms with Crippen molar-refractivity contribution in [1.29, 1.82) is 0 Å². The van der Waals surface area contributed by atoms with Crippen LogP contribution in [0.4, 0.5) is 0 Å². The number of amides is 2. The lowest BCUT2D eigenvalue weighted by atomic mass is 10.1. The van der Waals surface area contributed by atoms with Crippen molar-refractivity contribution < 1.29 is 28.6 Å². The van der Waals surface area contributed by atoms with Gasteiger partial charge >= 0.3 is 5.97 Å². The van der Waals surface area contributed by atoms with E-state index < -0.39 is 18.2 Å². The first-order chi connectivity index (χ1) is 14.1. The molecule has 0 N–H and O–H groups in total. The molecule has 2 aromatic rings. The first kappa shape index (κ1) is 19.0. The van der Waals surface area contributed by atoms with Gasteiger partial charge < -0.3 is 14.2 Å². The van der Waals surface area contributed by atoms with Crippen LogP contribution in [0.1, 0.15) is 40.5 Å². The molecular formula is C22H21NO6. The van der Waals surface area contributed by atoms with Gasteiger partial charge in [0.25, 0.3) is 11.8 Å². The zero-order chi connectivity index (χ0) is 20.4. The Morgan fingerprint density at radius 2 is 1.52 bits per heavy atom. The van der Waals surface area contributed by atoms with Crippen molar-refractivity contribution in [2.24, 2.45) is 0 Å². The highest BCUT2D eigenvalue weighted by Crippen LogP contribution is 2.33. The van der Waals surface area contributed by atoms with Gasteiger partial charge in [-0.15, -0.1) is 0 Å². The predicted molar refractivity (Wildman–Crippen MR) is 103 cm³/mol. The van der Waals surface area contributed by atoms with Crippen molar-refractivity contribution in [1.82, 2.24) is 4.90 Å². The van der Waals surface area contributed by atoms with E-state index in [1.165, 1.54) is 4.90 Å². The van der Waals surface area contributed by atoms with E-state index in [0.29, 0.717) is 35.5 Å². The molecular weight excluding hydrogens is 374 g/mol.